The van der Waals surface area contributed by atoms with E-state index in [1.807, 2.05) is 6.92 Å². The number of rotatable bonds is 3. The molecule has 0 aliphatic carbocycles. The van der Waals surface area contributed by atoms with Crippen LogP contribution >= 0.6 is 12.4 Å². The van der Waals surface area contributed by atoms with Gasteiger partial charge in [-0.15, -0.1) is 12.4 Å². The Kier molecular flexibility index (Phi) is 7.45. The highest BCUT2D eigenvalue weighted by Gasteiger charge is 2.24. The normalized spacial score (nSPS) is 16.3. The van der Waals surface area contributed by atoms with Crippen LogP contribution in [0.3, 0.4) is 0 Å². The molecule has 128 valence electrons. The molecule has 0 saturated carbocycles. The summed E-state index contributed by atoms with van der Waals surface area (Å²) in [7, 11) is 0. The smallest absolute Gasteiger partial charge is 0.253 e. The minimum atomic E-state index is -0.361. The molecule has 2 rings (SSSR count). The fraction of sp³-hybridized carbons (Fsp3) is 0.500. The zero-order valence-electron chi connectivity index (χ0n) is 13.2. The van der Waals surface area contributed by atoms with Gasteiger partial charge in [-0.25, -0.2) is 4.39 Å². The summed E-state index contributed by atoms with van der Waals surface area (Å²) in [5, 5.41) is 0. The first kappa shape index (κ1) is 19.4. The minimum Gasteiger partial charge on any atom is -0.341 e. The molecular weight excluding hydrogens is 321 g/mol. The Bertz CT molecular complexity index is 539. The van der Waals surface area contributed by atoms with Gasteiger partial charge < -0.3 is 15.5 Å². The van der Waals surface area contributed by atoms with Crippen molar-refractivity contribution in [2.75, 3.05) is 32.7 Å². The summed E-state index contributed by atoms with van der Waals surface area (Å²) in [5.74, 6) is -0.640. The van der Waals surface area contributed by atoms with Gasteiger partial charge in [0.05, 0.1) is 0 Å². The molecule has 1 saturated heterocycles. The Morgan fingerprint density at radius 2 is 1.70 bits per heavy atom. The number of nitrogens with two attached hydrogens (primary N) is 1. The molecule has 0 aromatic heterocycles. The van der Waals surface area contributed by atoms with E-state index in [4.69, 9.17) is 5.73 Å². The second kappa shape index (κ2) is 8.84. The summed E-state index contributed by atoms with van der Waals surface area (Å²) in [5.41, 5.74) is 6.01. The zero-order chi connectivity index (χ0) is 16.1. The van der Waals surface area contributed by atoms with Gasteiger partial charge in [-0.05, 0) is 30.7 Å². The molecule has 1 aliphatic rings. The largest absolute Gasteiger partial charge is 0.341 e. The van der Waals surface area contributed by atoms with E-state index in [0.29, 0.717) is 38.3 Å². The minimum absolute atomic E-state index is 0. The molecule has 1 aliphatic heterocycles. The van der Waals surface area contributed by atoms with Crippen LogP contribution in [0, 0.1) is 11.7 Å². The summed E-state index contributed by atoms with van der Waals surface area (Å²) in [6, 6.07) is 5.54. The van der Waals surface area contributed by atoms with E-state index in [1.54, 1.807) is 9.80 Å². The number of amides is 2. The molecular formula is C16H23ClFN3O2. The topological polar surface area (TPSA) is 66.6 Å². The summed E-state index contributed by atoms with van der Waals surface area (Å²) in [6.45, 7) is 4.37. The first-order valence-electron chi connectivity index (χ1n) is 7.56. The standard InChI is InChI=1S/C16H22FN3O2.ClH/c1-12(11-18)15(21)19-7-2-8-20(10-9-19)16(22)13-3-5-14(17)6-4-13;/h3-6,12H,2,7-11,18H2,1H3;1H. The second-order valence-corrected chi connectivity index (χ2v) is 5.61. The molecule has 1 aromatic carbocycles. The lowest BCUT2D eigenvalue weighted by atomic mass is 10.1. The van der Waals surface area contributed by atoms with Crippen molar-refractivity contribution >= 4 is 24.2 Å². The summed E-state index contributed by atoms with van der Waals surface area (Å²) < 4.78 is 12.9. The van der Waals surface area contributed by atoms with Crippen LogP contribution in [0.2, 0.25) is 0 Å². The van der Waals surface area contributed by atoms with Crippen LogP contribution in [0.25, 0.3) is 0 Å². The SMILES string of the molecule is CC(CN)C(=O)N1CCCN(C(=O)c2ccc(F)cc2)CC1.Cl. The van der Waals surface area contributed by atoms with Gasteiger partial charge in [-0.1, -0.05) is 6.92 Å². The zero-order valence-corrected chi connectivity index (χ0v) is 14.0. The average Bonchev–Trinajstić information content (AvgIpc) is 2.79. The van der Waals surface area contributed by atoms with Gasteiger partial charge in [-0.3, -0.25) is 9.59 Å². The molecule has 5 nitrogen and oxygen atoms in total. The molecule has 1 atom stereocenters. The molecule has 1 fully saturated rings. The summed E-state index contributed by atoms with van der Waals surface area (Å²) in [4.78, 5) is 28.1. The molecule has 7 heteroatoms. The highest BCUT2D eigenvalue weighted by atomic mass is 35.5. The molecule has 0 radical (unpaired) electrons. The van der Waals surface area contributed by atoms with Gasteiger partial charge in [0.15, 0.2) is 0 Å². The first-order chi connectivity index (χ1) is 10.5. The fourth-order valence-corrected chi connectivity index (χ4v) is 2.53. The maximum Gasteiger partial charge on any atom is 0.253 e. The molecule has 1 unspecified atom stereocenters. The van der Waals surface area contributed by atoms with Gasteiger partial charge in [0.2, 0.25) is 5.91 Å². The molecule has 1 aromatic rings. The maximum absolute atomic E-state index is 12.9. The third-order valence-corrected chi connectivity index (χ3v) is 3.96. The van der Waals surface area contributed by atoms with E-state index in [1.165, 1.54) is 24.3 Å². The van der Waals surface area contributed by atoms with Crippen molar-refractivity contribution in [3.8, 4) is 0 Å². The van der Waals surface area contributed by atoms with Crippen molar-refractivity contribution in [2.45, 2.75) is 13.3 Å². The third-order valence-electron chi connectivity index (χ3n) is 3.96. The molecule has 2 N–H and O–H groups in total. The lowest BCUT2D eigenvalue weighted by Gasteiger charge is -2.24. The van der Waals surface area contributed by atoms with Crippen molar-refractivity contribution in [1.29, 1.82) is 0 Å². The van der Waals surface area contributed by atoms with Crippen molar-refractivity contribution in [2.24, 2.45) is 11.7 Å². The maximum atomic E-state index is 12.9. The lowest BCUT2D eigenvalue weighted by molar-refractivity contribution is -0.134. The monoisotopic (exact) mass is 343 g/mol. The van der Waals surface area contributed by atoms with E-state index >= 15 is 0 Å². The van der Waals surface area contributed by atoms with E-state index in [0.717, 1.165) is 6.42 Å². The quantitative estimate of drug-likeness (QED) is 0.904. The molecule has 2 amide bonds. The Balaban J connectivity index is 0.00000264. The summed E-state index contributed by atoms with van der Waals surface area (Å²) in [6.07, 6.45) is 0.732. The molecule has 0 bridgehead atoms. The molecule has 0 spiro atoms. The van der Waals surface area contributed by atoms with Crippen molar-refractivity contribution in [3.05, 3.63) is 35.6 Å². The van der Waals surface area contributed by atoms with Crippen molar-refractivity contribution in [3.63, 3.8) is 0 Å². The Morgan fingerprint density at radius 3 is 2.30 bits per heavy atom. The number of halogens is 2. The number of benzene rings is 1. The predicted octanol–water partition coefficient (Wildman–Crippen LogP) is 1.52. The van der Waals surface area contributed by atoms with E-state index < -0.39 is 0 Å². The van der Waals surface area contributed by atoms with Crippen LogP contribution in [-0.4, -0.2) is 54.3 Å². The van der Waals surface area contributed by atoms with Gasteiger partial charge >= 0.3 is 0 Å². The number of hydrogen-bond acceptors (Lipinski definition) is 3. The number of hydrogen-bond donors (Lipinski definition) is 1. The van der Waals surface area contributed by atoms with E-state index in [-0.39, 0.29) is 36.0 Å². The van der Waals surface area contributed by atoms with Crippen LogP contribution in [0.5, 0.6) is 0 Å². The highest BCUT2D eigenvalue weighted by molar-refractivity contribution is 5.94. The lowest BCUT2D eigenvalue weighted by Crippen LogP contribution is -2.41. The van der Waals surface area contributed by atoms with Gasteiger partial charge in [0.25, 0.3) is 5.91 Å². The van der Waals surface area contributed by atoms with Gasteiger partial charge in [-0.2, -0.15) is 0 Å². The Morgan fingerprint density at radius 1 is 1.13 bits per heavy atom. The fourth-order valence-electron chi connectivity index (χ4n) is 2.53. The van der Waals surface area contributed by atoms with E-state index in [2.05, 4.69) is 0 Å². The van der Waals surface area contributed by atoms with E-state index in [9.17, 15) is 14.0 Å². The summed E-state index contributed by atoms with van der Waals surface area (Å²) >= 11 is 0. The number of carbonyl (C=O) groups is 2. The van der Waals surface area contributed by atoms with Crippen molar-refractivity contribution < 1.29 is 14.0 Å². The Labute approximate surface area is 142 Å². The number of nitrogens with zero attached hydrogens (tertiary/aromatic N) is 2. The van der Waals surface area contributed by atoms with Crippen molar-refractivity contribution in [1.82, 2.24) is 9.80 Å². The van der Waals surface area contributed by atoms with Crippen LogP contribution in [0.4, 0.5) is 4.39 Å². The van der Waals surface area contributed by atoms with Crippen LogP contribution in [-0.2, 0) is 4.79 Å². The molecule has 23 heavy (non-hydrogen) atoms. The first-order valence-corrected chi connectivity index (χ1v) is 7.56. The average molecular weight is 344 g/mol. The van der Waals surface area contributed by atoms with Crippen LogP contribution < -0.4 is 5.73 Å². The highest BCUT2D eigenvalue weighted by Crippen LogP contribution is 2.12. The third kappa shape index (κ3) is 4.91. The van der Waals surface area contributed by atoms with Crippen LogP contribution in [0.1, 0.15) is 23.7 Å². The van der Waals surface area contributed by atoms with Gasteiger partial charge in [0.1, 0.15) is 5.82 Å². The Hall–Kier alpha value is -1.66. The van der Waals surface area contributed by atoms with Crippen LogP contribution in [0.15, 0.2) is 24.3 Å². The second-order valence-electron chi connectivity index (χ2n) is 5.61. The molecule has 1 heterocycles. The van der Waals surface area contributed by atoms with Gasteiger partial charge in [0, 0.05) is 44.2 Å². The predicted molar refractivity (Wildman–Crippen MR) is 89.0 cm³/mol. The number of carbonyl (C=O) groups excluding carboxylic acids is 2.